The van der Waals surface area contributed by atoms with Gasteiger partial charge in [-0.05, 0) is 44.8 Å². The van der Waals surface area contributed by atoms with Crippen LogP contribution in [-0.4, -0.2) is 80.1 Å². The molecule has 1 aliphatic carbocycles. The number of carbonyl (C=O) groups is 2. The molecule has 0 radical (unpaired) electrons. The van der Waals surface area contributed by atoms with Crippen LogP contribution in [0.2, 0.25) is 0 Å². The number of aromatic hydroxyl groups is 1. The highest BCUT2D eigenvalue weighted by atomic mass is 19.4. The minimum Gasteiger partial charge on any atom is -0.506 e. The number of halogens is 3. The fourth-order valence-electron chi connectivity index (χ4n) is 6.09. The number of aromatic carboxylic acids is 1. The summed E-state index contributed by atoms with van der Waals surface area (Å²) in [5, 5.41) is 28.3. The summed E-state index contributed by atoms with van der Waals surface area (Å²) in [6.07, 6.45) is -1.91. The molecular weight excluding hydrogens is 545 g/mol. The number of pyridine rings is 1. The predicted octanol–water partition coefficient (Wildman–Crippen LogP) is 3.98. The fourth-order valence-corrected chi connectivity index (χ4v) is 6.09. The smallest absolute Gasteiger partial charge is 0.490 e. The molecule has 5 rings (SSSR count). The van der Waals surface area contributed by atoms with Gasteiger partial charge in [0.2, 0.25) is 0 Å². The van der Waals surface area contributed by atoms with Crippen LogP contribution in [0.15, 0.2) is 23.0 Å². The molecule has 0 spiro atoms. The number of alkyl halides is 3. The molecule has 2 aliphatic rings. The number of hydrogen-bond donors (Lipinski definition) is 4. The van der Waals surface area contributed by atoms with Gasteiger partial charge in [0.15, 0.2) is 5.56 Å². The van der Waals surface area contributed by atoms with E-state index in [0.29, 0.717) is 23.7 Å². The van der Waals surface area contributed by atoms with Crippen molar-refractivity contribution in [3.63, 3.8) is 0 Å². The quantitative estimate of drug-likeness (QED) is 0.357. The zero-order valence-electron chi connectivity index (χ0n) is 23.0. The highest BCUT2D eigenvalue weighted by Gasteiger charge is 2.38. The topological polar surface area (TPSA) is 139 Å². The Morgan fingerprint density at radius 3 is 2.39 bits per heavy atom. The minimum absolute atomic E-state index is 0.408. The van der Waals surface area contributed by atoms with Gasteiger partial charge in [-0.1, -0.05) is 26.0 Å². The SMILES string of the molecule is CCN(CC)C1CCN(c2cccc3c4c(n(C)c23)CCCc2c-4[nH]c(=O)c(C(=O)O)c2O)C1.O=C(O)C(F)(F)F. The molecule has 222 valence electrons. The van der Waals surface area contributed by atoms with Crippen LogP contribution in [-0.2, 0) is 24.7 Å². The lowest BCUT2D eigenvalue weighted by Crippen LogP contribution is -2.37. The summed E-state index contributed by atoms with van der Waals surface area (Å²) >= 11 is 0. The second kappa shape index (κ2) is 11.5. The standard InChI is InChI=1S/C26H32N4O4.C2HF3O2/c1-4-29(5-2)15-12-13-30(14-15)19-11-6-8-16-20-18(28(3)23(16)19)10-7-9-17-22(20)27-25(32)21(24(17)31)26(33)34;3-2(4,5)1(6)7/h6,8,11,15H,4-5,7,9-10,12-14H2,1-3H3,(H,33,34)(H2,27,31,32);(H,6,7). The van der Waals surface area contributed by atoms with E-state index in [-0.39, 0.29) is 0 Å². The van der Waals surface area contributed by atoms with Crippen LogP contribution < -0.4 is 10.5 Å². The summed E-state index contributed by atoms with van der Waals surface area (Å²) in [5.74, 6) is -4.58. The van der Waals surface area contributed by atoms with E-state index in [1.807, 2.05) is 0 Å². The first kappa shape index (κ1) is 30.0. The number of rotatable bonds is 5. The molecular formula is C28H33F3N4O6. The maximum Gasteiger partial charge on any atom is 0.490 e. The number of anilines is 1. The number of H-pyrrole nitrogens is 1. The van der Waals surface area contributed by atoms with Gasteiger partial charge in [0.25, 0.3) is 5.56 Å². The highest BCUT2D eigenvalue weighted by Crippen LogP contribution is 2.44. The first-order chi connectivity index (χ1) is 19.3. The van der Waals surface area contributed by atoms with Crippen LogP contribution >= 0.6 is 0 Å². The summed E-state index contributed by atoms with van der Waals surface area (Å²) in [4.78, 5) is 40.9. The Bertz CT molecular complexity index is 1540. The van der Waals surface area contributed by atoms with Crippen molar-refractivity contribution in [1.29, 1.82) is 0 Å². The lowest BCUT2D eigenvalue weighted by Gasteiger charge is -2.27. The Morgan fingerprint density at radius 2 is 1.80 bits per heavy atom. The second-order valence-electron chi connectivity index (χ2n) is 10.2. The number of aryl methyl sites for hydroxylation is 1. The van der Waals surface area contributed by atoms with Gasteiger partial charge in [0, 0.05) is 48.4 Å². The normalized spacial score (nSPS) is 16.7. The molecule has 41 heavy (non-hydrogen) atoms. The molecule has 2 aromatic heterocycles. The van der Waals surface area contributed by atoms with Crippen LogP contribution in [0.5, 0.6) is 5.75 Å². The number of aromatic nitrogens is 2. The molecule has 10 nitrogen and oxygen atoms in total. The average molecular weight is 579 g/mol. The molecule has 1 aliphatic heterocycles. The molecule has 3 aromatic rings. The van der Waals surface area contributed by atoms with E-state index in [2.05, 4.69) is 58.4 Å². The van der Waals surface area contributed by atoms with Crippen molar-refractivity contribution in [3.8, 4) is 17.0 Å². The first-order valence-corrected chi connectivity index (χ1v) is 13.4. The molecule has 4 N–H and O–H groups in total. The number of likely N-dealkylation sites (N-methyl/N-ethyl adjacent to an activating group) is 1. The number of carboxylic acids is 2. The maximum absolute atomic E-state index is 12.6. The van der Waals surface area contributed by atoms with E-state index in [1.165, 1.54) is 5.69 Å². The van der Waals surface area contributed by atoms with E-state index in [1.54, 1.807) is 0 Å². The van der Waals surface area contributed by atoms with Gasteiger partial charge in [-0.2, -0.15) is 13.2 Å². The number of aromatic amines is 1. The van der Waals surface area contributed by atoms with Crippen molar-refractivity contribution >= 4 is 28.5 Å². The summed E-state index contributed by atoms with van der Waals surface area (Å²) in [5.41, 5.74) is 3.99. The molecule has 1 fully saturated rings. The van der Waals surface area contributed by atoms with Crippen LogP contribution in [0.25, 0.3) is 22.2 Å². The Balaban J connectivity index is 0.000000493. The number of fused-ring (bicyclic) bond motifs is 5. The number of nitrogens with zero attached hydrogens (tertiary/aromatic N) is 3. The van der Waals surface area contributed by atoms with Crippen molar-refractivity contribution in [2.75, 3.05) is 31.1 Å². The van der Waals surface area contributed by atoms with Crippen molar-refractivity contribution < 1.29 is 38.1 Å². The zero-order chi connectivity index (χ0) is 30.2. The zero-order valence-corrected chi connectivity index (χ0v) is 23.0. The van der Waals surface area contributed by atoms with Crippen LogP contribution in [0.1, 0.15) is 48.3 Å². The van der Waals surface area contributed by atoms with Crippen molar-refractivity contribution in [2.45, 2.75) is 51.7 Å². The molecule has 0 bridgehead atoms. The van der Waals surface area contributed by atoms with Crippen LogP contribution in [0, 0.1) is 0 Å². The number of benzene rings is 1. The largest absolute Gasteiger partial charge is 0.506 e. The number of hydrogen-bond acceptors (Lipinski definition) is 6. The summed E-state index contributed by atoms with van der Waals surface area (Å²) in [6, 6.07) is 6.81. The van der Waals surface area contributed by atoms with E-state index in [0.717, 1.165) is 67.6 Å². The van der Waals surface area contributed by atoms with E-state index < -0.39 is 35.0 Å². The van der Waals surface area contributed by atoms with Crippen molar-refractivity contribution in [3.05, 3.63) is 45.4 Å². The lowest BCUT2D eigenvalue weighted by atomic mass is 10.00. The molecule has 1 atom stereocenters. The van der Waals surface area contributed by atoms with Gasteiger partial charge in [-0.3, -0.25) is 9.69 Å². The van der Waals surface area contributed by atoms with Crippen LogP contribution in [0.3, 0.4) is 0 Å². The summed E-state index contributed by atoms with van der Waals surface area (Å²) in [7, 11) is 2.07. The van der Waals surface area contributed by atoms with Gasteiger partial charge in [-0.25, -0.2) is 9.59 Å². The van der Waals surface area contributed by atoms with Crippen LogP contribution in [0.4, 0.5) is 18.9 Å². The third kappa shape index (κ3) is 5.50. The maximum atomic E-state index is 12.6. The summed E-state index contributed by atoms with van der Waals surface area (Å²) in [6.45, 7) is 8.49. The van der Waals surface area contributed by atoms with Crippen molar-refractivity contribution in [2.24, 2.45) is 7.05 Å². The van der Waals surface area contributed by atoms with E-state index >= 15 is 0 Å². The van der Waals surface area contributed by atoms with E-state index in [4.69, 9.17) is 9.90 Å². The van der Waals surface area contributed by atoms with Gasteiger partial charge in [0.05, 0.1) is 16.9 Å². The molecule has 13 heteroatoms. The molecule has 0 amide bonds. The number of para-hydroxylation sites is 1. The Morgan fingerprint density at radius 1 is 1.15 bits per heavy atom. The van der Waals surface area contributed by atoms with Gasteiger partial charge < -0.3 is 29.8 Å². The molecule has 0 saturated carbocycles. The number of aliphatic carboxylic acids is 1. The Labute approximate surface area is 233 Å². The molecule has 1 saturated heterocycles. The molecule has 1 aromatic carbocycles. The highest BCUT2D eigenvalue weighted by molar-refractivity contribution is 6.05. The fraction of sp³-hybridized carbons (Fsp3) is 0.464. The third-order valence-corrected chi connectivity index (χ3v) is 7.98. The first-order valence-electron chi connectivity index (χ1n) is 13.4. The van der Waals surface area contributed by atoms with Crippen molar-refractivity contribution in [1.82, 2.24) is 14.5 Å². The van der Waals surface area contributed by atoms with E-state index in [9.17, 15) is 33.0 Å². The predicted molar refractivity (Wildman–Crippen MR) is 147 cm³/mol. The second-order valence-corrected chi connectivity index (χ2v) is 10.2. The Hall–Kier alpha value is -4.00. The number of carboxylic acid groups (broad SMARTS) is 2. The van der Waals surface area contributed by atoms with Gasteiger partial charge >= 0.3 is 18.1 Å². The third-order valence-electron chi connectivity index (χ3n) is 7.98. The Kier molecular flexibility index (Phi) is 8.39. The van der Waals surface area contributed by atoms with Gasteiger partial charge in [0.1, 0.15) is 5.75 Å². The monoisotopic (exact) mass is 578 g/mol. The van der Waals surface area contributed by atoms with Gasteiger partial charge in [-0.15, -0.1) is 0 Å². The average Bonchev–Trinajstić information content (AvgIpc) is 3.43. The lowest BCUT2D eigenvalue weighted by molar-refractivity contribution is -0.192. The molecule has 3 heterocycles. The summed E-state index contributed by atoms with van der Waals surface area (Å²) < 4.78 is 34.0. The number of nitrogens with one attached hydrogen (secondary N) is 1. The minimum atomic E-state index is -5.08. The molecule has 1 unspecified atom stereocenters.